The van der Waals surface area contributed by atoms with Gasteiger partial charge in [-0.1, -0.05) is 12.8 Å². The molecule has 0 spiro atoms. The Hall–Kier alpha value is -1.30. The van der Waals surface area contributed by atoms with Crippen molar-refractivity contribution < 1.29 is 22.3 Å². The molecule has 2 N–H and O–H groups in total. The van der Waals surface area contributed by atoms with Gasteiger partial charge in [0, 0.05) is 0 Å². The van der Waals surface area contributed by atoms with Crippen molar-refractivity contribution in [3.05, 3.63) is 29.6 Å². The van der Waals surface area contributed by atoms with Crippen molar-refractivity contribution >= 4 is 0 Å². The second kappa shape index (κ2) is 6.64. The van der Waals surface area contributed by atoms with Crippen LogP contribution in [0.5, 0.6) is 5.75 Å². The minimum atomic E-state index is -4.55. The Morgan fingerprint density at radius 3 is 2.38 bits per heavy atom. The molecule has 1 aromatic carbocycles. The van der Waals surface area contributed by atoms with Crippen molar-refractivity contribution in [3.8, 4) is 5.75 Å². The summed E-state index contributed by atoms with van der Waals surface area (Å²) in [6.45, 7) is 0.855. The van der Waals surface area contributed by atoms with Gasteiger partial charge in [0.05, 0.1) is 12.2 Å². The van der Waals surface area contributed by atoms with Gasteiger partial charge in [-0.2, -0.15) is 13.2 Å². The zero-order valence-electron chi connectivity index (χ0n) is 11.6. The Morgan fingerprint density at radius 2 is 1.81 bits per heavy atom. The van der Waals surface area contributed by atoms with Gasteiger partial charge < -0.3 is 10.5 Å². The van der Waals surface area contributed by atoms with E-state index in [1.807, 2.05) is 0 Å². The molecule has 0 saturated heterocycles. The second-order valence-electron chi connectivity index (χ2n) is 5.49. The summed E-state index contributed by atoms with van der Waals surface area (Å²) in [5, 5.41) is 0. The average Bonchev–Trinajstić information content (AvgIpc) is 2.45. The van der Waals surface area contributed by atoms with E-state index in [9.17, 15) is 17.6 Å². The summed E-state index contributed by atoms with van der Waals surface area (Å²) in [6, 6.07) is 2.34. The van der Waals surface area contributed by atoms with Crippen LogP contribution in [0.4, 0.5) is 17.6 Å². The van der Waals surface area contributed by atoms with Crippen molar-refractivity contribution in [3.63, 3.8) is 0 Å². The third-order valence-corrected chi connectivity index (χ3v) is 4.08. The van der Waals surface area contributed by atoms with E-state index in [0.29, 0.717) is 25.1 Å². The molecule has 0 amide bonds. The summed E-state index contributed by atoms with van der Waals surface area (Å²) in [5.41, 5.74) is 4.70. The number of halogens is 4. The lowest BCUT2D eigenvalue weighted by Crippen LogP contribution is -2.30. The fourth-order valence-corrected chi connectivity index (χ4v) is 2.81. The lowest BCUT2D eigenvalue weighted by Gasteiger charge is -2.30. The molecule has 0 bridgehead atoms. The molecule has 0 heterocycles. The molecule has 2 nitrogen and oxygen atoms in total. The maximum atomic E-state index is 13.7. The molecule has 1 aromatic rings. The lowest BCUT2D eigenvalue weighted by atomic mass is 9.80. The van der Waals surface area contributed by atoms with Crippen molar-refractivity contribution in [2.75, 3.05) is 13.2 Å². The molecule has 2 rings (SSSR count). The largest absolute Gasteiger partial charge is 0.490 e. The van der Waals surface area contributed by atoms with Crippen molar-refractivity contribution in [1.29, 1.82) is 0 Å². The van der Waals surface area contributed by atoms with Crippen LogP contribution in [-0.4, -0.2) is 13.2 Å². The molecule has 0 radical (unpaired) electrons. The summed E-state index contributed by atoms with van der Waals surface area (Å²) in [6.07, 6.45) is -0.343. The van der Waals surface area contributed by atoms with E-state index in [1.165, 1.54) is 0 Å². The molecule has 6 heteroatoms. The van der Waals surface area contributed by atoms with E-state index in [2.05, 4.69) is 0 Å². The molecule has 118 valence electrons. The number of hydrogen-bond acceptors (Lipinski definition) is 2. The Labute approximate surface area is 121 Å². The average molecular weight is 305 g/mol. The number of rotatable bonds is 4. The second-order valence-corrected chi connectivity index (χ2v) is 5.49. The number of nitrogens with two attached hydrogens (primary N) is 1. The number of ether oxygens (including phenoxy) is 1. The highest BCUT2D eigenvalue weighted by atomic mass is 19.4. The molecular formula is C15H19F4NO. The van der Waals surface area contributed by atoms with E-state index in [4.69, 9.17) is 10.5 Å². The fraction of sp³-hybridized carbons (Fsp3) is 0.600. The third kappa shape index (κ3) is 4.09. The highest BCUT2D eigenvalue weighted by Crippen LogP contribution is 2.33. The Kier molecular flexibility index (Phi) is 5.08. The molecule has 2 unspecified atom stereocenters. The van der Waals surface area contributed by atoms with Gasteiger partial charge in [-0.25, -0.2) is 4.39 Å². The Morgan fingerprint density at radius 1 is 1.14 bits per heavy atom. The smallest absolute Gasteiger partial charge is 0.416 e. The summed E-state index contributed by atoms with van der Waals surface area (Å²) in [4.78, 5) is 0. The third-order valence-electron chi connectivity index (χ3n) is 4.08. The van der Waals surface area contributed by atoms with Crippen LogP contribution < -0.4 is 10.5 Å². The van der Waals surface area contributed by atoms with Gasteiger partial charge in [0.1, 0.15) is 0 Å². The van der Waals surface area contributed by atoms with Gasteiger partial charge in [0.2, 0.25) is 0 Å². The predicted octanol–water partition coefficient (Wildman–Crippen LogP) is 3.99. The van der Waals surface area contributed by atoms with E-state index < -0.39 is 17.6 Å². The van der Waals surface area contributed by atoms with Crippen LogP contribution in [0.2, 0.25) is 0 Å². The van der Waals surface area contributed by atoms with Gasteiger partial charge in [0.15, 0.2) is 11.6 Å². The first-order valence-electron chi connectivity index (χ1n) is 7.11. The molecule has 1 aliphatic rings. The standard InChI is InChI=1S/C15H19F4NO/c16-13-7-12(15(17,18)19)5-6-14(13)21-9-11-4-2-1-3-10(11)8-20/h5-7,10-11H,1-4,8-9,20H2. The predicted molar refractivity (Wildman–Crippen MR) is 71.4 cm³/mol. The molecule has 21 heavy (non-hydrogen) atoms. The first-order chi connectivity index (χ1) is 9.91. The Balaban J connectivity index is 2.00. The molecule has 1 fully saturated rings. The van der Waals surface area contributed by atoms with Crippen LogP contribution in [-0.2, 0) is 6.18 Å². The van der Waals surface area contributed by atoms with Gasteiger partial charge in [0.25, 0.3) is 0 Å². The van der Waals surface area contributed by atoms with Crippen LogP contribution in [0.3, 0.4) is 0 Å². The van der Waals surface area contributed by atoms with Crippen LogP contribution in [0.15, 0.2) is 18.2 Å². The summed E-state index contributed by atoms with van der Waals surface area (Å²) < 4.78 is 56.4. The van der Waals surface area contributed by atoms with Gasteiger partial charge >= 0.3 is 6.18 Å². The maximum absolute atomic E-state index is 13.7. The molecule has 0 aromatic heterocycles. The zero-order chi connectivity index (χ0) is 15.5. The van der Waals surface area contributed by atoms with Gasteiger partial charge in [-0.3, -0.25) is 0 Å². The minimum absolute atomic E-state index is 0.135. The normalized spacial score (nSPS) is 23.1. The van der Waals surface area contributed by atoms with Crippen molar-refractivity contribution in [1.82, 2.24) is 0 Å². The zero-order valence-corrected chi connectivity index (χ0v) is 11.6. The van der Waals surface area contributed by atoms with E-state index in [-0.39, 0.29) is 11.7 Å². The van der Waals surface area contributed by atoms with Crippen molar-refractivity contribution in [2.24, 2.45) is 17.6 Å². The van der Waals surface area contributed by atoms with E-state index in [1.54, 1.807) is 0 Å². The van der Waals surface area contributed by atoms with Crippen LogP contribution in [0.1, 0.15) is 31.2 Å². The monoisotopic (exact) mass is 305 g/mol. The first-order valence-corrected chi connectivity index (χ1v) is 7.11. The molecule has 1 aliphatic carbocycles. The minimum Gasteiger partial charge on any atom is -0.490 e. The summed E-state index contributed by atoms with van der Waals surface area (Å²) in [7, 11) is 0. The van der Waals surface area contributed by atoms with E-state index in [0.717, 1.165) is 37.8 Å². The maximum Gasteiger partial charge on any atom is 0.416 e. The first kappa shape index (κ1) is 16.1. The van der Waals surface area contributed by atoms with Crippen molar-refractivity contribution in [2.45, 2.75) is 31.9 Å². The molecule has 2 atom stereocenters. The highest BCUT2D eigenvalue weighted by molar-refractivity contribution is 5.30. The Bertz CT molecular complexity index is 475. The number of hydrogen-bond donors (Lipinski definition) is 1. The fourth-order valence-electron chi connectivity index (χ4n) is 2.81. The summed E-state index contributed by atoms with van der Waals surface area (Å²) >= 11 is 0. The SMILES string of the molecule is NCC1CCCCC1COc1ccc(C(F)(F)F)cc1F. The van der Waals surface area contributed by atoms with Gasteiger partial charge in [-0.05, 0) is 49.4 Å². The number of alkyl halides is 3. The van der Waals surface area contributed by atoms with Crippen LogP contribution >= 0.6 is 0 Å². The molecule has 0 aliphatic heterocycles. The topological polar surface area (TPSA) is 35.2 Å². The molecular weight excluding hydrogens is 286 g/mol. The number of benzene rings is 1. The van der Waals surface area contributed by atoms with E-state index >= 15 is 0 Å². The molecule has 1 saturated carbocycles. The highest BCUT2D eigenvalue weighted by Gasteiger charge is 2.31. The van der Waals surface area contributed by atoms with Crippen LogP contribution in [0, 0.1) is 17.7 Å². The quantitative estimate of drug-likeness (QED) is 0.854. The lowest BCUT2D eigenvalue weighted by molar-refractivity contribution is -0.137. The van der Waals surface area contributed by atoms with Crippen LogP contribution in [0.25, 0.3) is 0 Å². The van der Waals surface area contributed by atoms with Gasteiger partial charge in [-0.15, -0.1) is 0 Å². The summed E-state index contributed by atoms with van der Waals surface area (Å²) in [5.74, 6) is -0.531.